The predicted octanol–water partition coefficient (Wildman–Crippen LogP) is 2.74. The second-order valence-electron chi connectivity index (χ2n) is 7.24. The van der Waals surface area contributed by atoms with Gasteiger partial charge in [-0.05, 0) is 43.0 Å². The van der Waals surface area contributed by atoms with Crippen LogP contribution in [0.4, 0.5) is 0 Å². The van der Waals surface area contributed by atoms with Crippen molar-refractivity contribution in [2.24, 2.45) is 0 Å². The molecule has 0 unspecified atom stereocenters. The summed E-state index contributed by atoms with van der Waals surface area (Å²) in [6.45, 7) is 5.06. The topological polar surface area (TPSA) is 45.6 Å². The number of amides is 2. The number of carbonyl (C=O) groups excluding carboxylic acids is 2. The molecular weight excluding hydrogens is 326 g/mol. The van der Waals surface area contributed by atoms with E-state index in [4.69, 9.17) is 0 Å². The summed E-state index contributed by atoms with van der Waals surface area (Å²) in [7, 11) is 0. The van der Waals surface area contributed by atoms with Gasteiger partial charge in [0.15, 0.2) is 0 Å². The minimum absolute atomic E-state index is 0.0247. The third kappa shape index (κ3) is 3.02. The quantitative estimate of drug-likeness (QED) is 0.798. The van der Waals surface area contributed by atoms with Crippen LogP contribution in [0.5, 0.6) is 0 Å². The van der Waals surface area contributed by atoms with E-state index >= 15 is 0 Å². The van der Waals surface area contributed by atoms with E-state index in [-0.39, 0.29) is 24.3 Å². The monoisotopic (exact) mass is 351 g/mol. The largest absolute Gasteiger partial charge is 0.348 e. The van der Waals surface area contributed by atoms with E-state index < -0.39 is 0 Å². The number of hydrogen-bond acceptors (Lipinski definition) is 2. The van der Waals surface area contributed by atoms with Crippen LogP contribution in [0.1, 0.15) is 42.1 Å². The molecule has 2 amide bonds. The number of hydrogen-bond donors (Lipinski definition) is 0. The molecule has 26 heavy (non-hydrogen) atoms. The Morgan fingerprint density at radius 3 is 2.50 bits per heavy atom. The summed E-state index contributed by atoms with van der Waals surface area (Å²) in [4.78, 5) is 29.3. The predicted molar refractivity (Wildman–Crippen MR) is 99.6 cm³/mol. The summed E-state index contributed by atoms with van der Waals surface area (Å²) in [5, 5.41) is 0. The highest BCUT2D eigenvalue weighted by Gasteiger charge is 2.34. The molecule has 1 fully saturated rings. The van der Waals surface area contributed by atoms with Gasteiger partial charge in [0.05, 0.1) is 6.04 Å². The lowest BCUT2D eigenvalue weighted by molar-refractivity contribution is -0.141. The molecule has 136 valence electrons. The lowest BCUT2D eigenvalue weighted by Gasteiger charge is -2.38. The Labute approximate surface area is 154 Å². The first kappa shape index (κ1) is 16.9. The van der Waals surface area contributed by atoms with Crippen molar-refractivity contribution in [2.75, 3.05) is 19.6 Å². The van der Waals surface area contributed by atoms with Crippen LogP contribution in [0.3, 0.4) is 0 Å². The molecule has 2 aliphatic heterocycles. The van der Waals surface area contributed by atoms with Crippen LogP contribution in [-0.2, 0) is 16.1 Å². The zero-order chi connectivity index (χ0) is 18.1. The highest BCUT2D eigenvalue weighted by Crippen LogP contribution is 2.34. The molecule has 4 rings (SSSR count). The molecular formula is C21H25N3O2. The van der Waals surface area contributed by atoms with E-state index in [1.807, 2.05) is 28.0 Å². The second kappa shape index (κ2) is 6.98. The Hall–Kier alpha value is -2.56. The first-order valence-electron chi connectivity index (χ1n) is 9.43. The van der Waals surface area contributed by atoms with Gasteiger partial charge in [-0.1, -0.05) is 24.3 Å². The molecule has 0 N–H and O–H groups in total. The first-order valence-corrected chi connectivity index (χ1v) is 9.43. The van der Waals surface area contributed by atoms with Crippen molar-refractivity contribution >= 4 is 11.8 Å². The molecule has 0 spiro atoms. The van der Waals surface area contributed by atoms with E-state index in [9.17, 15) is 9.59 Å². The maximum Gasteiger partial charge on any atom is 0.232 e. The molecule has 2 aromatic rings. The number of aryl methyl sites for hydroxylation is 1. The number of likely N-dealkylation sites (tertiary alicyclic amines) is 1. The van der Waals surface area contributed by atoms with Gasteiger partial charge in [0.1, 0.15) is 6.42 Å². The summed E-state index contributed by atoms with van der Waals surface area (Å²) in [5.41, 5.74) is 3.41. The maximum absolute atomic E-state index is 13.1. The van der Waals surface area contributed by atoms with Crippen molar-refractivity contribution < 1.29 is 9.59 Å². The molecule has 1 saturated heterocycles. The van der Waals surface area contributed by atoms with Gasteiger partial charge in [0.2, 0.25) is 11.8 Å². The Morgan fingerprint density at radius 1 is 0.962 bits per heavy atom. The Morgan fingerprint density at radius 2 is 1.73 bits per heavy atom. The normalized spacial score (nSPS) is 19.5. The van der Waals surface area contributed by atoms with Gasteiger partial charge in [0, 0.05) is 38.1 Å². The van der Waals surface area contributed by atoms with E-state index in [0.717, 1.165) is 49.3 Å². The van der Waals surface area contributed by atoms with Crippen molar-refractivity contribution in [1.82, 2.24) is 14.4 Å². The molecule has 0 aliphatic carbocycles. The third-order valence-electron chi connectivity index (χ3n) is 5.60. The van der Waals surface area contributed by atoms with Crippen molar-refractivity contribution in [2.45, 2.75) is 38.8 Å². The molecule has 0 bridgehead atoms. The van der Waals surface area contributed by atoms with E-state index in [1.54, 1.807) is 0 Å². The minimum Gasteiger partial charge on any atom is -0.348 e. The fourth-order valence-corrected chi connectivity index (χ4v) is 4.18. The number of nitrogens with zero attached hydrogens (tertiary/aromatic N) is 3. The lowest BCUT2D eigenvalue weighted by Crippen LogP contribution is -2.44. The highest BCUT2D eigenvalue weighted by molar-refractivity contribution is 5.97. The van der Waals surface area contributed by atoms with Crippen molar-refractivity contribution in [3.63, 3.8) is 0 Å². The van der Waals surface area contributed by atoms with Crippen molar-refractivity contribution in [3.05, 3.63) is 59.4 Å². The van der Waals surface area contributed by atoms with Gasteiger partial charge in [-0.15, -0.1) is 0 Å². The fraction of sp³-hybridized carbons (Fsp3) is 0.429. The average Bonchev–Trinajstić information content (AvgIpc) is 3.33. The van der Waals surface area contributed by atoms with Crippen LogP contribution >= 0.6 is 0 Å². The average molecular weight is 351 g/mol. The molecule has 0 radical (unpaired) electrons. The zero-order valence-corrected chi connectivity index (χ0v) is 15.2. The van der Waals surface area contributed by atoms with E-state index in [2.05, 4.69) is 35.9 Å². The molecule has 2 aliphatic rings. The van der Waals surface area contributed by atoms with Gasteiger partial charge >= 0.3 is 0 Å². The molecule has 0 saturated carbocycles. The molecule has 3 heterocycles. The van der Waals surface area contributed by atoms with Crippen LogP contribution in [0.2, 0.25) is 0 Å². The van der Waals surface area contributed by atoms with Crippen LogP contribution in [-0.4, -0.2) is 45.8 Å². The molecule has 1 aromatic carbocycles. The number of benzene rings is 1. The van der Waals surface area contributed by atoms with Crippen molar-refractivity contribution in [1.29, 1.82) is 0 Å². The van der Waals surface area contributed by atoms with Crippen LogP contribution in [0.25, 0.3) is 0 Å². The summed E-state index contributed by atoms with van der Waals surface area (Å²) in [6.07, 6.45) is 4.13. The molecule has 5 heteroatoms. The molecule has 1 aromatic heterocycles. The summed E-state index contributed by atoms with van der Waals surface area (Å²) in [5.74, 6) is -0.0976. The highest BCUT2D eigenvalue weighted by atomic mass is 16.2. The molecule has 5 nitrogen and oxygen atoms in total. The second-order valence-corrected chi connectivity index (χ2v) is 7.24. The standard InChI is InChI=1S/C21H25N3O2/c1-16-7-2-3-8-17(16)21-18-9-6-12-22(18)13-14-24(21)20(26)15-19(25)23-10-4-5-11-23/h2-3,6-9,12,21H,4-5,10-11,13-15H2,1H3/t21-/m1/s1. The van der Waals surface area contributed by atoms with Gasteiger partial charge < -0.3 is 14.4 Å². The summed E-state index contributed by atoms with van der Waals surface area (Å²) in [6, 6.07) is 12.2. The maximum atomic E-state index is 13.1. The fourth-order valence-electron chi connectivity index (χ4n) is 4.18. The first-order chi connectivity index (χ1) is 12.6. The van der Waals surface area contributed by atoms with Crippen LogP contribution in [0.15, 0.2) is 42.6 Å². The van der Waals surface area contributed by atoms with Gasteiger partial charge in [-0.3, -0.25) is 9.59 Å². The molecule has 1 atom stereocenters. The Bertz CT molecular complexity index is 820. The van der Waals surface area contributed by atoms with E-state index in [1.165, 1.54) is 0 Å². The summed E-state index contributed by atoms with van der Waals surface area (Å²) < 4.78 is 2.21. The number of aromatic nitrogens is 1. The van der Waals surface area contributed by atoms with Crippen molar-refractivity contribution in [3.8, 4) is 0 Å². The lowest BCUT2D eigenvalue weighted by atomic mass is 9.95. The minimum atomic E-state index is -0.126. The Kier molecular flexibility index (Phi) is 4.53. The van der Waals surface area contributed by atoms with Gasteiger partial charge in [-0.2, -0.15) is 0 Å². The SMILES string of the molecule is Cc1ccccc1[C@@H]1c2cccn2CCN1C(=O)CC(=O)N1CCCC1. The van der Waals surface area contributed by atoms with Gasteiger partial charge in [0.25, 0.3) is 0 Å². The number of rotatable bonds is 3. The van der Waals surface area contributed by atoms with Crippen LogP contribution < -0.4 is 0 Å². The number of fused-ring (bicyclic) bond motifs is 1. The third-order valence-corrected chi connectivity index (χ3v) is 5.60. The van der Waals surface area contributed by atoms with Crippen LogP contribution in [0, 0.1) is 6.92 Å². The Balaban J connectivity index is 1.62. The summed E-state index contributed by atoms with van der Waals surface area (Å²) >= 11 is 0. The van der Waals surface area contributed by atoms with E-state index in [0.29, 0.717) is 6.54 Å². The smallest absolute Gasteiger partial charge is 0.232 e. The zero-order valence-electron chi connectivity index (χ0n) is 15.2. The van der Waals surface area contributed by atoms with Gasteiger partial charge in [-0.25, -0.2) is 0 Å². The number of carbonyl (C=O) groups is 2.